The third kappa shape index (κ3) is 1.79. The molecule has 1 aromatic heterocycles. The first-order valence-corrected chi connectivity index (χ1v) is 10.7. The number of aliphatic hydroxyl groups excluding tert-OH is 2. The van der Waals surface area contributed by atoms with Crippen molar-refractivity contribution >= 4 is 22.3 Å². The van der Waals surface area contributed by atoms with Gasteiger partial charge in [0.15, 0.2) is 10.9 Å². The minimum absolute atomic E-state index is 0.0625. The SMILES string of the molecule is C=C1C(=O)[C@@]23[C@H](O)C[C@@H]4C(C)(C)c5nc(N)sc5C[C@@]4(C)[C@@H]2CC[C@@H]1[C@H]3O. The molecule has 1 spiro atoms. The molecule has 5 rings (SSSR count). The number of hydrogen-bond donors (Lipinski definition) is 3. The smallest absolute Gasteiger partial charge is 0.180 e. The fourth-order valence-electron chi connectivity index (χ4n) is 7.64. The van der Waals surface area contributed by atoms with E-state index < -0.39 is 17.6 Å². The number of fused-ring (bicyclic) bond motifs is 4. The Labute approximate surface area is 163 Å². The number of nitrogens with two attached hydrogens (primary N) is 1. The Bertz CT molecular complexity index is 877. The van der Waals surface area contributed by atoms with Gasteiger partial charge in [-0.15, -0.1) is 11.3 Å². The van der Waals surface area contributed by atoms with Crippen LogP contribution in [0.3, 0.4) is 0 Å². The van der Waals surface area contributed by atoms with Crippen molar-refractivity contribution in [3.05, 3.63) is 22.7 Å². The van der Waals surface area contributed by atoms with Crippen LogP contribution >= 0.6 is 11.3 Å². The third-order valence-corrected chi connectivity index (χ3v) is 9.57. The summed E-state index contributed by atoms with van der Waals surface area (Å²) < 4.78 is 0. The van der Waals surface area contributed by atoms with Crippen LogP contribution < -0.4 is 5.73 Å². The zero-order valence-corrected chi connectivity index (χ0v) is 17.0. The normalized spacial score (nSPS) is 47.4. The maximum absolute atomic E-state index is 13.3. The van der Waals surface area contributed by atoms with Crippen molar-refractivity contribution in [1.82, 2.24) is 4.98 Å². The molecule has 2 bridgehead atoms. The van der Waals surface area contributed by atoms with Crippen LogP contribution in [-0.2, 0) is 16.6 Å². The minimum Gasteiger partial charge on any atom is -0.392 e. The number of carbonyl (C=O) groups is 1. The zero-order valence-electron chi connectivity index (χ0n) is 16.2. The summed E-state index contributed by atoms with van der Waals surface area (Å²) in [4.78, 5) is 19.2. The molecule has 7 atom stereocenters. The van der Waals surface area contributed by atoms with Gasteiger partial charge in [0.2, 0.25) is 0 Å². The molecule has 1 heterocycles. The lowest BCUT2D eigenvalue weighted by Gasteiger charge is -2.64. The molecule has 5 nitrogen and oxygen atoms in total. The summed E-state index contributed by atoms with van der Waals surface area (Å²) in [5.41, 5.74) is 6.09. The Morgan fingerprint density at radius 3 is 2.63 bits per heavy atom. The van der Waals surface area contributed by atoms with Crippen LogP contribution in [0.2, 0.25) is 0 Å². The summed E-state index contributed by atoms with van der Waals surface area (Å²) in [5.74, 6) is -0.181. The Kier molecular flexibility index (Phi) is 3.32. The fourth-order valence-corrected chi connectivity index (χ4v) is 8.82. The molecule has 3 saturated carbocycles. The lowest BCUT2D eigenvalue weighted by Crippen LogP contribution is -2.68. The molecular weight excluding hydrogens is 360 g/mol. The highest BCUT2D eigenvalue weighted by Gasteiger charge is 2.74. The van der Waals surface area contributed by atoms with Gasteiger partial charge < -0.3 is 15.9 Å². The first-order valence-electron chi connectivity index (χ1n) is 9.91. The van der Waals surface area contributed by atoms with Crippen molar-refractivity contribution in [1.29, 1.82) is 0 Å². The van der Waals surface area contributed by atoms with Gasteiger partial charge in [0, 0.05) is 16.2 Å². The quantitative estimate of drug-likeness (QED) is 0.593. The predicted molar refractivity (Wildman–Crippen MR) is 104 cm³/mol. The fraction of sp³-hybridized carbons (Fsp3) is 0.714. The number of anilines is 1. The topological polar surface area (TPSA) is 96.4 Å². The summed E-state index contributed by atoms with van der Waals surface area (Å²) in [6.07, 6.45) is 1.25. The third-order valence-electron chi connectivity index (χ3n) is 8.69. The van der Waals surface area contributed by atoms with Gasteiger partial charge in [-0.1, -0.05) is 27.4 Å². The second-order valence-corrected chi connectivity index (χ2v) is 11.1. The summed E-state index contributed by atoms with van der Waals surface area (Å²) in [5, 5.41) is 23.1. The lowest BCUT2D eigenvalue weighted by molar-refractivity contribution is -0.212. The predicted octanol–water partition coefficient (Wildman–Crippen LogP) is 2.46. The zero-order chi connectivity index (χ0) is 19.5. The highest BCUT2D eigenvalue weighted by atomic mass is 32.1. The molecule has 27 heavy (non-hydrogen) atoms. The van der Waals surface area contributed by atoms with Crippen molar-refractivity contribution in [2.24, 2.45) is 28.6 Å². The molecule has 6 heteroatoms. The average molecular weight is 389 g/mol. The minimum atomic E-state index is -1.09. The van der Waals surface area contributed by atoms with Gasteiger partial charge in [-0.3, -0.25) is 4.79 Å². The number of Topliss-reactive ketones (excluding diaryl/α,β-unsaturated/α-hetero) is 1. The van der Waals surface area contributed by atoms with E-state index in [9.17, 15) is 15.0 Å². The molecule has 4 aliphatic carbocycles. The Hall–Kier alpha value is -1.24. The average Bonchev–Trinajstić information content (AvgIpc) is 3.00. The van der Waals surface area contributed by atoms with Crippen molar-refractivity contribution in [2.45, 2.75) is 64.1 Å². The maximum atomic E-state index is 13.3. The molecule has 4 aliphatic rings. The van der Waals surface area contributed by atoms with Gasteiger partial charge in [-0.25, -0.2) is 4.98 Å². The monoisotopic (exact) mass is 388 g/mol. The largest absolute Gasteiger partial charge is 0.392 e. The molecule has 0 saturated heterocycles. The molecule has 0 aromatic carbocycles. The van der Waals surface area contributed by atoms with Crippen LogP contribution in [0.4, 0.5) is 5.13 Å². The van der Waals surface area contributed by atoms with E-state index in [0.29, 0.717) is 17.1 Å². The number of carbonyl (C=O) groups excluding carboxylic acids is 1. The van der Waals surface area contributed by atoms with E-state index in [2.05, 4.69) is 32.3 Å². The molecule has 0 amide bonds. The van der Waals surface area contributed by atoms with E-state index in [0.717, 1.165) is 25.0 Å². The van der Waals surface area contributed by atoms with E-state index in [1.807, 2.05) is 0 Å². The van der Waals surface area contributed by atoms with Crippen LogP contribution in [0, 0.1) is 28.6 Å². The number of aromatic nitrogens is 1. The number of ketones is 1. The van der Waals surface area contributed by atoms with Gasteiger partial charge >= 0.3 is 0 Å². The maximum Gasteiger partial charge on any atom is 0.180 e. The van der Waals surface area contributed by atoms with Crippen LogP contribution in [0.1, 0.15) is 50.6 Å². The molecule has 0 aliphatic heterocycles. The van der Waals surface area contributed by atoms with Crippen LogP contribution in [-0.4, -0.2) is 33.2 Å². The van der Waals surface area contributed by atoms with E-state index >= 15 is 0 Å². The van der Waals surface area contributed by atoms with Crippen molar-refractivity contribution in [3.8, 4) is 0 Å². The second-order valence-electron chi connectivity index (χ2n) is 10.0. The molecule has 146 valence electrons. The Morgan fingerprint density at radius 2 is 1.93 bits per heavy atom. The Balaban J connectivity index is 1.72. The van der Waals surface area contributed by atoms with Crippen molar-refractivity contribution in [3.63, 3.8) is 0 Å². The number of rotatable bonds is 0. The van der Waals surface area contributed by atoms with E-state index in [1.54, 1.807) is 11.3 Å². The molecule has 1 aromatic rings. The van der Waals surface area contributed by atoms with Gasteiger partial charge in [0.25, 0.3) is 0 Å². The first-order chi connectivity index (χ1) is 12.6. The first kappa shape index (κ1) is 17.8. The highest BCUT2D eigenvalue weighted by molar-refractivity contribution is 7.15. The summed E-state index contributed by atoms with van der Waals surface area (Å²) in [6, 6.07) is 0. The van der Waals surface area contributed by atoms with Crippen LogP contribution in [0.5, 0.6) is 0 Å². The summed E-state index contributed by atoms with van der Waals surface area (Å²) in [6.45, 7) is 10.6. The van der Waals surface area contributed by atoms with E-state index in [4.69, 9.17) is 5.73 Å². The molecular formula is C21H28N2O3S. The number of nitrogens with zero attached hydrogens (tertiary/aromatic N) is 1. The molecule has 3 fully saturated rings. The number of hydrogen-bond acceptors (Lipinski definition) is 6. The van der Waals surface area contributed by atoms with Gasteiger partial charge in [-0.05, 0) is 48.5 Å². The van der Waals surface area contributed by atoms with Crippen molar-refractivity contribution in [2.75, 3.05) is 5.73 Å². The molecule has 4 N–H and O–H groups in total. The van der Waals surface area contributed by atoms with Crippen LogP contribution in [0.15, 0.2) is 12.2 Å². The summed E-state index contributed by atoms with van der Waals surface area (Å²) in [7, 11) is 0. The number of nitrogen functional groups attached to an aromatic ring is 1. The lowest BCUT2D eigenvalue weighted by atomic mass is 9.40. The number of aliphatic hydroxyl groups is 2. The summed E-state index contributed by atoms with van der Waals surface area (Å²) >= 11 is 1.55. The Morgan fingerprint density at radius 1 is 1.22 bits per heavy atom. The standard InChI is InChI=1S/C21H28N2O3S/c1-9-10-5-6-12-20(4)8-11-15(23-18(22)27-11)19(2,3)13(20)7-14(24)21(12,16(9)25)17(10)26/h10,12-14,17,24,26H,1,5-8H2,2-4H3,(H2,22,23)/t10-,12-,13+,14+,17+,20-,21-/m0/s1. The molecule has 0 unspecified atom stereocenters. The van der Waals surface area contributed by atoms with E-state index in [-0.39, 0.29) is 34.4 Å². The van der Waals surface area contributed by atoms with Gasteiger partial charge in [-0.2, -0.15) is 0 Å². The molecule has 0 radical (unpaired) electrons. The number of thiazole rings is 1. The highest BCUT2D eigenvalue weighted by Crippen LogP contribution is 2.70. The van der Waals surface area contributed by atoms with Crippen LogP contribution in [0.25, 0.3) is 0 Å². The van der Waals surface area contributed by atoms with Gasteiger partial charge in [0.05, 0.1) is 23.3 Å². The van der Waals surface area contributed by atoms with Gasteiger partial charge in [0.1, 0.15) is 0 Å². The van der Waals surface area contributed by atoms with Crippen molar-refractivity contribution < 1.29 is 15.0 Å². The van der Waals surface area contributed by atoms with E-state index in [1.165, 1.54) is 4.88 Å². The second kappa shape index (κ2) is 5.02.